The summed E-state index contributed by atoms with van der Waals surface area (Å²) in [4.78, 5) is 35.3. The lowest BCUT2D eigenvalue weighted by atomic mass is 9.46. The molecule has 0 heterocycles. The van der Waals surface area contributed by atoms with Gasteiger partial charge in [-0.15, -0.1) is 0 Å². The molecule has 3 saturated carbocycles. The lowest BCUT2D eigenvalue weighted by Gasteiger charge is -2.60. The number of carbonyl (C=O) groups excluding carboxylic acids is 2. The first-order valence-corrected chi connectivity index (χ1v) is 11.2. The smallest absolute Gasteiger partial charge is 0.333 e. The van der Waals surface area contributed by atoms with Crippen LogP contribution in [-0.2, 0) is 19.1 Å². The van der Waals surface area contributed by atoms with Gasteiger partial charge >= 0.3 is 11.9 Å². The van der Waals surface area contributed by atoms with Crippen LogP contribution in [0.3, 0.4) is 0 Å². The number of aliphatic carboxylic acids is 1. The van der Waals surface area contributed by atoms with Gasteiger partial charge in [0.2, 0.25) is 0 Å². The predicted octanol–water partition coefficient (Wildman–Crippen LogP) is 3.33. The van der Waals surface area contributed by atoms with Gasteiger partial charge in [0.1, 0.15) is 17.9 Å². The Balaban J connectivity index is 1.59. The van der Waals surface area contributed by atoms with Crippen molar-refractivity contribution in [1.29, 1.82) is 0 Å². The Labute approximate surface area is 185 Å². The second-order valence-electron chi connectivity index (χ2n) is 10.4. The van der Waals surface area contributed by atoms with Crippen molar-refractivity contribution in [2.45, 2.75) is 76.9 Å². The van der Waals surface area contributed by atoms with Gasteiger partial charge in [0.15, 0.2) is 11.9 Å². The van der Waals surface area contributed by atoms with Crippen molar-refractivity contribution in [2.75, 3.05) is 0 Å². The molecule has 0 aliphatic heterocycles. The summed E-state index contributed by atoms with van der Waals surface area (Å²) in [6.45, 7) is 4.90. The molecule has 0 radical (unpaired) electrons. The third-order valence-electron chi connectivity index (χ3n) is 8.92. The summed E-state index contributed by atoms with van der Waals surface area (Å²) in [5.74, 6) is -4.68. The lowest BCUT2D eigenvalue weighted by Crippen LogP contribution is -2.62. The molecule has 8 heteroatoms. The van der Waals surface area contributed by atoms with Crippen molar-refractivity contribution in [3.8, 4) is 0 Å². The monoisotopic (exact) mass is 452 g/mol. The maximum atomic E-state index is 16.8. The zero-order chi connectivity index (χ0) is 23.6. The van der Waals surface area contributed by atoms with Gasteiger partial charge in [0.25, 0.3) is 0 Å². The number of hydrogen-bond donors (Lipinski definition) is 2. The molecule has 32 heavy (non-hydrogen) atoms. The Morgan fingerprint density at radius 3 is 2.56 bits per heavy atom. The van der Waals surface area contributed by atoms with Gasteiger partial charge < -0.3 is 14.9 Å². The van der Waals surface area contributed by atoms with Gasteiger partial charge in [-0.25, -0.2) is 13.6 Å². The average Bonchev–Trinajstić information content (AvgIpc) is 3.06. The van der Waals surface area contributed by atoms with Gasteiger partial charge in [-0.05, 0) is 69.6 Å². The van der Waals surface area contributed by atoms with Crippen molar-refractivity contribution in [1.82, 2.24) is 0 Å². The summed E-state index contributed by atoms with van der Waals surface area (Å²) in [6.07, 6.45) is 1.82. The highest BCUT2D eigenvalue weighted by atomic mass is 19.1. The van der Waals surface area contributed by atoms with Gasteiger partial charge in [-0.2, -0.15) is 0 Å². The minimum absolute atomic E-state index is 0.0197. The van der Waals surface area contributed by atoms with Gasteiger partial charge in [-0.1, -0.05) is 13.0 Å². The second kappa shape index (κ2) is 7.47. The van der Waals surface area contributed by atoms with Gasteiger partial charge in [0, 0.05) is 16.7 Å². The number of halogens is 2. The normalized spacial score (nSPS) is 44.6. The molecule has 0 spiro atoms. The molecule has 176 valence electrons. The van der Waals surface area contributed by atoms with E-state index in [1.807, 2.05) is 6.92 Å². The zero-order valence-electron chi connectivity index (χ0n) is 18.5. The van der Waals surface area contributed by atoms with Crippen molar-refractivity contribution < 1.29 is 38.1 Å². The summed E-state index contributed by atoms with van der Waals surface area (Å²) in [5.41, 5.74) is -3.27. The number of hydrogen-bond acceptors (Lipinski definition) is 5. The van der Waals surface area contributed by atoms with Gasteiger partial charge in [-0.3, -0.25) is 9.59 Å². The molecule has 0 aromatic heterocycles. The van der Waals surface area contributed by atoms with E-state index in [0.717, 1.165) is 0 Å². The summed E-state index contributed by atoms with van der Waals surface area (Å²) in [6, 6.07) is 0. The molecule has 4 rings (SSSR count). The second-order valence-corrected chi connectivity index (χ2v) is 10.4. The van der Waals surface area contributed by atoms with E-state index in [4.69, 9.17) is 9.84 Å². The van der Waals surface area contributed by atoms with E-state index in [1.165, 1.54) is 25.2 Å². The molecular weight excluding hydrogens is 422 g/mol. The van der Waals surface area contributed by atoms with E-state index in [2.05, 4.69) is 0 Å². The Hall–Kier alpha value is -2.09. The molecule has 4 aliphatic rings. The number of esters is 1. The first-order valence-electron chi connectivity index (χ1n) is 11.2. The third kappa shape index (κ3) is 3.09. The lowest BCUT2D eigenvalue weighted by molar-refractivity contribution is -0.179. The summed E-state index contributed by atoms with van der Waals surface area (Å²) in [7, 11) is 0. The molecule has 2 unspecified atom stereocenters. The van der Waals surface area contributed by atoms with Crippen molar-refractivity contribution in [2.24, 2.45) is 28.6 Å². The van der Waals surface area contributed by atoms with Crippen LogP contribution in [0.4, 0.5) is 8.78 Å². The molecule has 6 nitrogen and oxygen atoms in total. The molecular formula is C24H30F2O6. The fourth-order valence-corrected chi connectivity index (χ4v) is 6.81. The van der Waals surface area contributed by atoms with Crippen molar-refractivity contribution in [3.05, 3.63) is 23.8 Å². The zero-order valence-corrected chi connectivity index (χ0v) is 18.5. The molecule has 4 aliphatic carbocycles. The minimum atomic E-state index is -1.87. The highest BCUT2D eigenvalue weighted by Crippen LogP contribution is 2.68. The Morgan fingerprint density at radius 2 is 1.91 bits per heavy atom. The van der Waals surface area contributed by atoms with E-state index >= 15 is 8.78 Å². The number of rotatable bonds is 4. The number of carboxylic acid groups (broad SMARTS) is 1. The number of aliphatic hydroxyl groups excluding tert-OH is 1. The van der Waals surface area contributed by atoms with Crippen LogP contribution in [0.1, 0.15) is 52.9 Å². The quantitative estimate of drug-likeness (QED) is 0.635. The van der Waals surface area contributed by atoms with E-state index in [0.29, 0.717) is 19.3 Å². The van der Waals surface area contributed by atoms with E-state index in [-0.39, 0.29) is 30.1 Å². The molecule has 3 fully saturated rings. The fraction of sp³-hybridized carbons (Fsp3) is 0.708. The number of carbonyl (C=O) groups is 3. The summed E-state index contributed by atoms with van der Waals surface area (Å²) in [5, 5.41) is 18.6. The van der Waals surface area contributed by atoms with Gasteiger partial charge in [0.05, 0.1) is 5.92 Å². The van der Waals surface area contributed by atoms with Crippen LogP contribution in [0.2, 0.25) is 0 Å². The number of aliphatic hydroxyl groups is 1. The number of ketones is 1. The number of ether oxygens (including phenoxy) is 1. The maximum absolute atomic E-state index is 16.8. The number of alkyl halides is 2. The van der Waals surface area contributed by atoms with Crippen LogP contribution in [-0.4, -0.2) is 52.0 Å². The van der Waals surface area contributed by atoms with E-state index < -0.39 is 58.7 Å². The third-order valence-corrected chi connectivity index (χ3v) is 8.92. The number of carboxylic acids is 1. The molecule has 0 aromatic carbocycles. The standard InChI is InChI=1S/C24H30F2O6/c1-12(19(28)20(29)30)21(31)32-18-5-4-14-15-11-17(25)16-10-13(27)6-7-23(16,3)24(15,26)9-8-22(14,18)2/h6-7,10,12,14-15,17-19,28H,4-5,8-9,11H2,1-3H3,(H,29,30)/t12?,14-,15-,17-,18+,19?,22-,23-,24+/m0/s1. The topological polar surface area (TPSA) is 101 Å². The molecule has 0 amide bonds. The van der Waals surface area contributed by atoms with Crippen molar-refractivity contribution >= 4 is 17.7 Å². The van der Waals surface area contributed by atoms with Crippen LogP contribution < -0.4 is 0 Å². The SMILES string of the molecule is CC(C(=O)O[C@@H]1CC[C@H]2[C@@H]3C[C@H](F)C4=CC(=O)C=C[C@]4(C)[C@@]3(F)CC[C@]12C)C(O)C(=O)O. The van der Waals surface area contributed by atoms with Crippen LogP contribution in [0.25, 0.3) is 0 Å². The molecule has 2 N–H and O–H groups in total. The number of allylic oxidation sites excluding steroid dienone is 4. The molecule has 0 saturated heterocycles. The van der Waals surface area contributed by atoms with Crippen LogP contribution in [0.5, 0.6) is 0 Å². The van der Waals surface area contributed by atoms with Crippen LogP contribution in [0, 0.1) is 28.6 Å². The van der Waals surface area contributed by atoms with Crippen LogP contribution >= 0.6 is 0 Å². The fourth-order valence-electron chi connectivity index (χ4n) is 6.81. The summed E-state index contributed by atoms with van der Waals surface area (Å²) >= 11 is 0. The summed E-state index contributed by atoms with van der Waals surface area (Å²) < 4.78 is 37.7. The first-order chi connectivity index (χ1) is 14.8. The molecule has 9 atom stereocenters. The maximum Gasteiger partial charge on any atom is 0.333 e. The predicted molar refractivity (Wildman–Crippen MR) is 110 cm³/mol. The molecule has 0 bridgehead atoms. The highest BCUT2D eigenvalue weighted by Gasteiger charge is 2.68. The molecule has 0 aromatic rings. The minimum Gasteiger partial charge on any atom is -0.479 e. The van der Waals surface area contributed by atoms with Crippen LogP contribution in [0.15, 0.2) is 23.8 Å². The number of fused-ring (bicyclic) bond motifs is 5. The largest absolute Gasteiger partial charge is 0.479 e. The highest BCUT2D eigenvalue weighted by molar-refractivity contribution is 6.01. The average molecular weight is 452 g/mol. The first kappa shape index (κ1) is 23.1. The Morgan fingerprint density at radius 1 is 1.22 bits per heavy atom. The van der Waals surface area contributed by atoms with E-state index in [9.17, 15) is 19.5 Å². The Kier molecular flexibility index (Phi) is 5.39. The van der Waals surface area contributed by atoms with Crippen molar-refractivity contribution in [3.63, 3.8) is 0 Å². The Bertz CT molecular complexity index is 914. The van der Waals surface area contributed by atoms with E-state index in [1.54, 1.807) is 6.92 Å².